The number of hydrogen-bond acceptors (Lipinski definition) is 4. The summed E-state index contributed by atoms with van der Waals surface area (Å²) in [7, 11) is 0. The molecular weight excluding hydrogens is 380 g/mol. The summed E-state index contributed by atoms with van der Waals surface area (Å²) in [5, 5.41) is 9.12. The molecule has 0 aliphatic carbocycles. The number of rotatable bonds is 5. The molecule has 1 N–H and O–H groups in total. The van der Waals surface area contributed by atoms with E-state index in [2.05, 4.69) is 35.1 Å². The second-order valence-electron chi connectivity index (χ2n) is 8.68. The summed E-state index contributed by atoms with van der Waals surface area (Å²) in [5.74, 6) is 0.718. The molecule has 1 aromatic carbocycles. The second kappa shape index (κ2) is 9.25. The van der Waals surface area contributed by atoms with Gasteiger partial charge in [0.1, 0.15) is 0 Å². The van der Waals surface area contributed by atoms with Gasteiger partial charge in [0.25, 0.3) is 0 Å². The minimum atomic E-state index is 0.0575. The maximum Gasteiger partial charge on any atom is 0.317 e. The molecule has 164 valence electrons. The third kappa shape index (κ3) is 4.56. The molecule has 0 radical (unpaired) electrons. The van der Waals surface area contributed by atoms with Crippen molar-refractivity contribution >= 4 is 16.9 Å². The Hall–Kier alpha value is -2.28. The van der Waals surface area contributed by atoms with Crippen LogP contribution in [0, 0.1) is 0 Å². The SMILES string of the molecule is CCc1ccc2c(c1)c(OC(C)C)nn2C1CCN(C(=O)NC2CCOCC2)CC1. The first-order valence-corrected chi connectivity index (χ1v) is 11.4. The Kier molecular flexibility index (Phi) is 6.46. The Balaban J connectivity index is 1.45. The quantitative estimate of drug-likeness (QED) is 0.805. The Morgan fingerprint density at radius 2 is 1.97 bits per heavy atom. The fourth-order valence-electron chi connectivity index (χ4n) is 4.39. The van der Waals surface area contributed by atoms with Gasteiger partial charge in [-0.15, -0.1) is 5.10 Å². The van der Waals surface area contributed by atoms with Crippen LogP contribution in [0.2, 0.25) is 0 Å². The fraction of sp³-hybridized carbons (Fsp3) is 0.652. The van der Waals surface area contributed by atoms with Crippen molar-refractivity contribution in [1.82, 2.24) is 20.0 Å². The molecule has 0 unspecified atom stereocenters. The summed E-state index contributed by atoms with van der Waals surface area (Å²) in [6, 6.07) is 7.11. The standard InChI is InChI=1S/C23H34N4O3/c1-4-17-5-6-21-20(15-17)22(30-16(2)3)25-27(21)19-7-11-26(12-8-19)23(28)24-18-9-13-29-14-10-18/h5-6,15-16,18-19H,4,7-14H2,1-3H3,(H,24,28). The van der Waals surface area contributed by atoms with Crippen molar-refractivity contribution < 1.29 is 14.3 Å². The van der Waals surface area contributed by atoms with Gasteiger partial charge >= 0.3 is 6.03 Å². The van der Waals surface area contributed by atoms with Crippen LogP contribution in [0.15, 0.2) is 18.2 Å². The highest BCUT2D eigenvalue weighted by Crippen LogP contribution is 2.33. The van der Waals surface area contributed by atoms with Gasteiger partial charge in [-0.1, -0.05) is 13.0 Å². The molecule has 2 aliphatic rings. The summed E-state index contributed by atoms with van der Waals surface area (Å²) >= 11 is 0. The predicted molar refractivity (Wildman–Crippen MR) is 117 cm³/mol. The molecule has 2 aromatic rings. The number of aryl methyl sites for hydroxylation is 1. The largest absolute Gasteiger partial charge is 0.473 e. The van der Waals surface area contributed by atoms with E-state index in [1.165, 1.54) is 5.56 Å². The van der Waals surface area contributed by atoms with Crippen LogP contribution in [0.1, 0.15) is 58.1 Å². The van der Waals surface area contributed by atoms with E-state index in [1.807, 2.05) is 18.7 Å². The molecule has 0 atom stereocenters. The smallest absolute Gasteiger partial charge is 0.317 e. The van der Waals surface area contributed by atoms with Crippen LogP contribution in [0.3, 0.4) is 0 Å². The summed E-state index contributed by atoms with van der Waals surface area (Å²) in [6.45, 7) is 9.19. The van der Waals surface area contributed by atoms with Gasteiger partial charge in [-0.25, -0.2) is 4.79 Å². The van der Waals surface area contributed by atoms with Crippen LogP contribution in [0.25, 0.3) is 10.9 Å². The first-order chi connectivity index (χ1) is 14.5. The lowest BCUT2D eigenvalue weighted by Crippen LogP contribution is -2.49. The maximum absolute atomic E-state index is 12.6. The first-order valence-electron chi connectivity index (χ1n) is 11.4. The molecular formula is C23H34N4O3. The lowest BCUT2D eigenvalue weighted by molar-refractivity contribution is 0.0771. The summed E-state index contributed by atoms with van der Waals surface area (Å²) in [4.78, 5) is 14.6. The zero-order chi connectivity index (χ0) is 21.1. The van der Waals surface area contributed by atoms with Crippen LogP contribution >= 0.6 is 0 Å². The van der Waals surface area contributed by atoms with Crippen LogP contribution in [-0.2, 0) is 11.2 Å². The van der Waals surface area contributed by atoms with Gasteiger partial charge < -0.3 is 19.7 Å². The molecule has 0 bridgehead atoms. The number of urea groups is 1. The fourth-order valence-corrected chi connectivity index (χ4v) is 4.39. The van der Waals surface area contributed by atoms with Crippen molar-refractivity contribution in [3.05, 3.63) is 23.8 Å². The molecule has 4 rings (SSSR count). The number of likely N-dealkylation sites (tertiary alicyclic amines) is 1. The Morgan fingerprint density at radius 1 is 1.23 bits per heavy atom. The zero-order valence-electron chi connectivity index (χ0n) is 18.4. The lowest BCUT2D eigenvalue weighted by Gasteiger charge is -2.34. The van der Waals surface area contributed by atoms with Crippen LogP contribution < -0.4 is 10.1 Å². The number of piperidine rings is 1. The molecule has 2 aliphatic heterocycles. The number of aromatic nitrogens is 2. The first kappa shape index (κ1) is 21.0. The molecule has 2 saturated heterocycles. The van der Waals surface area contributed by atoms with E-state index < -0.39 is 0 Å². The highest BCUT2D eigenvalue weighted by Gasteiger charge is 2.28. The van der Waals surface area contributed by atoms with Gasteiger partial charge in [0.05, 0.1) is 23.0 Å². The Morgan fingerprint density at radius 3 is 2.63 bits per heavy atom. The van der Waals surface area contributed by atoms with Gasteiger partial charge in [0.15, 0.2) is 0 Å². The van der Waals surface area contributed by atoms with E-state index in [1.54, 1.807) is 0 Å². The number of hydrogen-bond donors (Lipinski definition) is 1. The topological polar surface area (TPSA) is 68.6 Å². The molecule has 0 spiro atoms. The summed E-state index contributed by atoms with van der Waals surface area (Å²) in [6.07, 6.45) is 4.67. The van der Waals surface area contributed by atoms with E-state index in [0.29, 0.717) is 0 Å². The average molecular weight is 415 g/mol. The molecule has 3 heterocycles. The summed E-state index contributed by atoms with van der Waals surface area (Å²) in [5.41, 5.74) is 2.41. The number of carbonyl (C=O) groups is 1. The Labute approximate surface area is 178 Å². The lowest BCUT2D eigenvalue weighted by atomic mass is 10.0. The van der Waals surface area contributed by atoms with Crippen molar-refractivity contribution in [3.63, 3.8) is 0 Å². The number of nitrogens with one attached hydrogen (secondary N) is 1. The minimum absolute atomic E-state index is 0.0575. The Bertz CT molecular complexity index is 865. The van der Waals surface area contributed by atoms with E-state index in [-0.39, 0.29) is 24.2 Å². The third-order valence-corrected chi connectivity index (χ3v) is 6.14. The molecule has 1 aromatic heterocycles. The number of nitrogens with zero attached hydrogens (tertiary/aromatic N) is 3. The van der Waals surface area contributed by atoms with E-state index in [4.69, 9.17) is 14.6 Å². The molecule has 7 heteroatoms. The number of fused-ring (bicyclic) bond motifs is 1. The van der Waals surface area contributed by atoms with Gasteiger partial charge in [-0.05, 0) is 63.6 Å². The van der Waals surface area contributed by atoms with Crippen molar-refractivity contribution in [2.24, 2.45) is 0 Å². The van der Waals surface area contributed by atoms with Gasteiger partial charge in [0, 0.05) is 32.3 Å². The molecule has 2 amide bonds. The van der Waals surface area contributed by atoms with Crippen molar-refractivity contribution in [3.8, 4) is 5.88 Å². The molecule has 7 nitrogen and oxygen atoms in total. The third-order valence-electron chi connectivity index (χ3n) is 6.14. The van der Waals surface area contributed by atoms with Crippen molar-refractivity contribution in [1.29, 1.82) is 0 Å². The van der Waals surface area contributed by atoms with E-state index in [0.717, 1.165) is 75.2 Å². The highest BCUT2D eigenvalue weighted by atomic mass is 16.5. The summed E-state index contributed by atoms with van der Waals surface area (Å²) < 4.78 is 13.5. The van der Waals surface area contributed by atoms with Crippen LogP contribution in [-0.4, -0.2) is 59.2 Å². The van der Waals surface area contributed by atoms with Crippen molar-refractivity contribution in [2.45, 2.75) is 71.1 Å². The highest BCUT2D eigenvalue weighted by molar-refractivity contribution is 5.85. The number of benzene rings is 1. The zero-order valence-corrected chi connectivity index (χ0v) is 18.4. The van der Waals surface area contributed by atoms with Crippen molar-refractivity contribution in [2.75, 3.05) is 26.3 Å². The number of ether oxygens (including phenoxy) is 2. The number of carbonyl (C=O) groups excluding carboxylic acids is 1. The molecule has 30 heavy (non-hydrogen) atoms. The minimum Gasteiger partial charge on any atom is -0.473 e. The maximum atomic E-state index is 12.6. The second-order valence-corrected chi connectivity index (χ2v) is 8.68. The molecule has 2 fully saturated rings. The van der Waals surface area contributed by atoms with E-state index >= 15 is 0 Å². The number of amides is 2. The molecule has 0 saturated carbocycles. The van der Waals surface area contributed by atoms with Gasteiger partial charge in [0.2, 0.25) is 5.88 Å². The average Bonchev–Trinajstić information content (AvgIpc) is 3.11. The monoisotopic (exact) mass is 414 g/mol. The van der Waals surface area contributed by atoms with E-state index in [9.17, 15) is 4.79 Å². The van der Waals surface area contributed by atoms with Gasteiger partial charge in [-0.2, -0.15) is 0 Å². The van der Waals surface area contributed by atoms with Gasteiger partial charge in [-0.3, -0.25) is 4.68 Å². The van der Waals surface area contributed by atoms with Crippen LogP contribution in [0.5, 0.6) is 5.88 Å². The van der Waals surface area contributed by atoms with Crippen LogP contribution in [0.4, 0.5) is 4.79 Å². The normalized spacial score (nSPS) is 18.9. The predicted octanol–water partition coefficient (Wildman–Crippen LogP) is 3.91.